The average Bonchev–Trinajstić information content (AvgIpc) is 3.26. The summed E-state index contributed by atoms with van der Waals surface area (Å²) in [4.78, 5) is 86.6. The van der Waals surface area contributed by atoms with Gasteiger partial charge in [-0.1, -0.05) is 62.0 Å². The Hall–Kier alpha value is -6.65. The molecule has 2 aromatic heterocycles. The van der Waals surface area contributed by atoms with Crippen molar-refractivity contribution in [2.45, 2.75) is 102 Å². The van der Waals surface area contributed by atoms with E-state index in [2.05, 4.69) is 33.8 Å². The van der Waals surface area contributed by atoms with Gasteiger partial charge in [-0.25, -0.2) is 9.97 Å². The second kappa shape index (κ2) is 21.1. The van der Waals surface area contributed by atoms with Gasteiger partial charge in [0.15, 0.2) is 11.6 Å². The van der Waals surface area contributed by atoms with Crippen molar-refractivity contribution in [1.29, 1.82) is 0 Å². The summed E-state index contributed by atoms with van der Waals surface area (Å²) in [7, 11) is 0. The standard InChI is InChI=1S/C26H25ClN2O3.C24H21F3N4O3S.CH4/c1-15-7-11-22(24(31)13-15)29-17(3)28-21-6-4-5-18(25(21)26(29)32)9-12-23(30)19-8-10-20(27)16(2)14-19;1-13-6-11-19(22(33)29-13)31-14(2)30-18-5-3-4-16(20(18)23(31)34)12-28-21(32)15-7-9-17(10-8-15)35-24(25,26)27;/h4-6,8,10,14,22H,1,7,9,11-13H2,2-3H3;3-5,7-10,19H,1,6,11-12H2,2H3,(H,28,32)(H,29,33);1H4. The number of rotatable bonds is 10. The Bertz CT molecular complexity index is 3130. The molecular formula is C51H50ClF3N6O6S. The summed E-state index contributed by atoms with van der Waals surface area (Å²) in [5, 5.41) is 6.76. The van der Waals surface area contributed by atoms with Gasteiger partial charge in [0.05, 0.1) is 27.8 Å². The number of nitrogens with zero attached hydrogens (tertiary/aromatic N) is 4. The van der Waals surface area contributed by atoms with Crippen LogP contribution in [0.2, 0.25) is 5.02 Å². The highest BCUT2D eigenvalue weighted by Crippen LogP contribution is 2.37. The number of hydrogen-bond acceptors (Lipinski definition) is 9. The first-order chi connectivity index (χ1) is 31.8. The molecule has 1 saturated heterocycles. The smallest absolute Gasteiger partial charge is 0.348 e. The lowest BCUT2D eigenvalue weighted by Gasteiger charge is -2.26. The molecule has 0 bridgehead atoms. The number of ketones is 2. The van der Waals surface area contributed by atoms with E-state index in [-0.39, 0.29) is 71.0 Å². The largest absolute Gasteiger partial charge is 0.446 e. The zero-order chi connectivity index (χ0) is 48.3. The van der Waals surface area contributed by atoms with Crippen LogP contribution in [0, 0.1) is 20.8 Å². The molecule has 1 aliphatic heterocycles. The van der Waals surface area contributed by atoms with Gasteiger partial charge in [0.1, 0.15) is 17.7 Å². The van der Waals surface area contributed by atoms with Crippen LogP contribution in [0.5, 0.6) is 0 Å². The van der Waals surface area contributed by atoms with Gasteiger partial charge in [-0.2, -0.15) is 13.2 Å². The lowest BCUT2D eigenvalue weighted by molar-refractivity contribution is -0.125. The van der Waals surface area contributed by atoms with Crippen molar-refractivity contribution in [2.75, 3.05) is 0 Å². The fraction of sp³-hybridized carbons (Fsp3) is 0.294. The Morgan fingerprint density at radius 3 is 1.97 bits per heavy atom. The fourth-order valence-electron chi connectivity index (χ4n) is 8.47. The van der Waals surface area contributed by atoms with Crippen LogP contribution in [0.15, 0.2) is 118 Å². The average molecular weight is 968 g/mol. The SMILES string of the molecule is C.C=C1CCC(n2c(C)nc3cccc(CCC(=O)c4ccc(Cl)c(C)c4)c3c2=O)C(=O)C1.C=C1CCC(n2c(C)nc3cccc(CNC(=O)c4ccc(SC(F)(F)F)cc4)c3c2=O)C(=O)N1. The van der Waals surface area contributed by atoms with Gasteiger partial charge in [0.25, 0.3) is 17.0 Å². The number of benzene rings is 4. The molecule has 3 heterocycles. The highest BCUT2D eigenvalue weighted by Gasteiger charge is 2.31. The van der Waals surface area contributed by atoms with Crippen LogP contribution in [-0.2, 0) is 22.6 Å². The summed E-state index contributed by atoms with van der Waals surface area (Å²) in [5.41, 5.74) is 0.410. The van der Waals surface area contributed by atoms with Crippen LogP contribution in [-0.4, -0.2) is 48.0 Å². The molecule has 17 heteroatoms. The summed E-state index contributed by atoms with van der Waals surface area (Å²) < 4.78 is 40.4. The van der Waals surface area contributed by atoms with E-state index in [1.807, 2.05) is 19.1 Å². The van der Waals surface area contributed by atoms with Crippen LogP contribution in [0.3, 0.4) is 0 Å². The second-order valence-electron chi connectivity index (χ2n) is 16.5. The summed E-state index contributed by atoms with van der Waals surface area (Å²) in [6.45, 7) is 12.9. The van der Waals surface area contributed by atoms with Crippen molar-refractivity contribution in [3.05, 3.63) is 168 Å². The molecule has 12 nitrogen and oxygen atoms in total. The number of piperidine rings is 1. The third-order valence-electron chi connectivity index (χ3n) is 11.8. The van der Waals surface area contributed by atoms with Crippen molar-refractivity contribution in [1.82, 2.24) is 29.7 Å². The molecule has 2 N–H and O–H groups in total. The third kappa shape index (κ3) is 11.4. The third-order valence-corrected chi connectivity index (χ3v) is 13.0. The lowest BCUT2D eigenvalue weighted by atomic mass is 9.90. The molecular weight excluding hydrogens is 917 g/mol. The minimum atomic E-state index is -4.41. The van der Waals surface area contributed by atoms with Gasteiger partial charge in [-0.15, -0.1) is 0 Å². The number of halogens is 4. The quantitative estimate of drug-likeness (QED) is 0.0773. The number of thioether (sulfide) groups is 1. The summed E-state index contributed by atoms with van der Waals surface area (Å²) in [6, 6.07) is 19.6. The fourth-order valence-corrected chi connectivity index (χ4v) is 9.12. The normalized spacial score (nSPS) is 16.2. The number of carbonyl (C=O) groups excluding carboxylic acids is 4. The van der Waals surface area contributed by atoms with E-state index >= 15 is 0 Å². The van der Waals surface area contributed by atoms with Gasteiger partial charge in [0, 0.05) is 46.1 Å². The van der Waals surface area contributed by atoms with Crippen molar-refractivity contribution < 1.29 is 32.3 Å². The van der Waals surface area contributed by atoms with Gasteiger partial charge in [-0.05, 0) is 136 Å². The number of amides is 2. The van der Waals surface area contributed by atoms with E-state index in [0.29, 0.717) is 82.0 Å². The van der Waals surface area contributed by atoms with E-state index in [9.17, 15) is 41.9 Å². The van der Waals surface area contributed by atoms with E-state index in [1.54, 1.807) is 56.3 Å². The predicted molar refractivity (Wildman–Crippen MR) is 259 cm³/mol. The number of hydrogen-bond donors (Lipinski definition) is 2. The van der Waals surface area contributed by atoms with Crippen molar-refractivity contribution >= 4 is 68.5 Å². The highest BCUT2D eigenvalue weighted by atomic mass is 35.5. The summed E-state index contributed by atoms with van der Waals surface area (Å²) >= 11 is 5.81. The topological polar surface area (TPSA) is 162 Å². The molecule has 0 spiro atoms. The molecule has 1 aliphatic carbocycles. The molecule has 2 amide bonds. The number of allylic oxidation sites excluding steroid dienone is 2. The Balaban J connectivity index is 0.000000221. The van der Waals surface area contributed by atoms with Gasteiger partial charge >= 0.3 is 5.51 Å². The number of fused-ring (bicyclic) bond motifs is 2. The zero-order valence-electron chi connectivity index (χ0n) is 36.9. The van der Waals surface area contributed by atoms with E-state index < -0.39 is 29.1 Å². The number of nitrogens with one attached hydrogen (secondary N) is 2. The van der Waals surface area contributed by atoms with Crippen molar-refractivity contribution in [3.63, 3.8) is 0 Å². The minimum absolute atomic E-state index is 0. The molecule has 4 aromatic carbocycles. The van der Waals surface area contributed by atoms with Crippen LogP contribution < -0.4 is 21.8 Å². The van der Waals surface area contributed by atoms with Gasteiger partial charge < -0.3 is 10.6 Å². The first kappa shape index (κ1) is 50.8. The summed E-state index contributed by atoms with van der Waals surface area (Å²) in [5.74, 6) is 0.0783. The van der Waals surface area contributed by atoms with Crippen molar-refractivity contribution in [2.24, 2.45) is 0 Å². The maximum absolute atomic E-state index is 13.5. The molecule has 354 valence electrons. The zero-order valence-corrected chi connectivity index (χ0v) is 38.5. The van der Waals surface area contributed by atoms with Gasteiger partial charge in [-0.3, -0.25) is 37.9 Å². The first-order valence-corrected chi connectivity index (χ1v) is 22.6. The molecule has 2 fully saturated rings. The lowest BCUT2D eigenvalue weighted by Crippen LogP contribution is -2.41. The van der Waals surface area contributed by atoms with E-state index in [1.165, 1.54) is 33.4 Å². The molecule has 2 atom stereocenters. The first-order valence-electron chi connectivity index (χ1n) is 21.4. The van der Waals surface area contributed by atoms with E-state index in [0.717, 1.165) is 23.1 Å². The Morgan fingerprint density at radius 2 is 1.38 bits per heavy atom. The molecule has 8 rings (SSSR count). The van der Waals surface area contributed by atoms with Crippen LogP contribution >= 0.6 is 23.4 Å². The summed E-state index contributed by atoms with van der Waals surface area (Å²) in [6.07, 6.45) is 3.20. The Kier molecular flexibility index (Phi) is 15.8. The van der Waals surface area contributed by atoms with Crippen LogP contribution in [0.1, 0.15) is 107 Å². The molecule has 6 aromatic rings. The number of aromatic nitrogens is 4. The van der Waals surface area contributed by atoms with Gasteiger partial charge in [0.2, 0.25) is 5.91 Å². The number of Topliss-reactive ketones (excluding diaryl/α,β-unsaturated/α-hetero) is 2. The number of carbonyl (C=O) groups is 4. The monoisotopic (exact) mass is 966 g/mol. The van der Waals surface area contributed by atoms with Crippen molar-refractivity contribution in [3.8, 4) is 0 Å². The van der Waals surface area contributed by atoms with Crippen LogP contribution in [0.4, 0.5) is 13.2 Å². The number of aryl methyl sites for hydroxylation is 4. The Morgan fingerprint density at radius 1 is 0.809 bits per heavy atom. The molecule has 0 radical (unpaired) electrons. The molecule has 2 unspecified atom stereocenters. The Labute approximate surface area is 399 Å². The molecule has 1 saturated carbocycles. The molecule has 2 aliphatic rings. The maximum atomic E-state index is 13.5. The molecule has 68 heavy (non-hydrogen) atoms. The maximum Gasteiger partial charge on any atom is 0.446 e. The predicted octanol–water partition coefficient (Wildman–Crippen LogP) is 10.2. The minimum Gasteiger partial charge on any atom is -0.348 e. The number of alkyl halides is 3. The van der Waals surface area contributed by atoms with E-state index in [4.69, 9.17) is 11.6 Å². The second-order valence-corrected chi connectivity index (χ2v) is 18.1. The van der Waals surface area contributed by atoms with Crippen LogP contribution in [0.25, 0.3) is 21.8 Å². The highest BCUT2D eigenvalue weighted by molar-refractivity contribution is 8.00.